The van der Waals surface area contributed by atoms with Gasteiger partial charge in [0.15, 0.2) is 5.78 Å². The maximum Gasteiger partial charge on any atom is 0.348 e. The molecule has 0 radical (unpaired) electrons. The van der Waals surface area contributed by atoms with Gasteiger partial charge in [-0.05, 0) is 37.1 Å². The molecule has 27 heavy (non-hydrogen) atoms. The van der Waals surface area contributed by atoms with E-state index in [1.807, 2.05) is 12.1 Å². The van der Waals surface area contributed by atoms with Crippen LogP contribution in [-0.4, -0.2) is 18.4 Å². The third-order valence-electron chi connectivity index (χ3n) is 3.74. The van der Waals surface area contributed by atoms with Crippen molar-refractivity contribution in [2.24, 2.45) is 0 Å². The van der Waals surface area contributed by atoms with Crippen LogP contribution >= 0.6 is 22.9 Å². The third kappa shape index (κ3) is 4.62. The van der Waals surface area contributed by atoms with Crippen LogP contribution in [0.5, 0.6) is 0 Å². The molecule has 0 aliphatic carbocycles. The number of Topliss-reactive ketones (excluding diaryl/α,β-unsaturated/α-hetero) is 1. The van der Waals surface area contributed by atoms with Crippen LogP contribution in [0.1, 0.15) is 38.2 Å². The average Bonchev–Trinajstić information content (AvgIpc) is 2.96. The Morgan fingerprint density at radius 1 is 1.30 bits per heavy atom. The number of esters is 1. The SMILES string of the molecule is CCOC(=O)c1sc(CC(=O)C(C#N)=Cc2ccccc2Cl)c(C#N)c1C. The molecule has 0 bridgehead atoms. The van der Waals surface area contributed by atoms with Gasteiger partial charge in [-0.1, -0.05) is 29.8 Å². The number of hydrogen-bond donors (Lipinski definition) is 0. The number of nitrogens with zero attached hydrogens (tertiary/aromatic N) is 2. The summed E-state index contributed by atoms with van der Waals surface area (Å²) in [5, 5.41) is 19.2. The molecule has 5 nitrogen and oxygen atoms in total. The lowest BCUT2D eigenvalue weighted by molar-refractivity contribution is -0.114. The molecule has 0 saturated heterocycles. The summed E-state index contributed by atoms with van der Waals surface area (Å²) in [7, 11) is 0. The topological polar surface area (TPSA) is 90.9 Å². The first-order valence-corrected chi connectivity index (χ1v) is 9.21. The smallest absolute Gasteiger partial charge is 0.348 e. The molecule has 2 rings (SSSR count). The molecule has 136 valence electrons. The van der Waals surface area contributed by atoms with Crippen LogP contribution < -0.4 is 0 Å². The first kappa shape index (κ1) is 20.4. The largest absolute Gasteiger partial charge is 0.462 e. The van der Waals surface area contributed by atoms with E-state index in [-0.39, 0.29) is 24.2 Å². The van der Waals surface area contributed by atoms with Crippen LogP contribution in [0.3, 0.4) is 0 Å². The van der Waals surface area contributed by atoms with Crippen molar-refractivity contribution in [3.05, 3.63) is 61.3 Å². The molecule has 0 N–H and O–H groups in total. The minimum absolute atomic E-state index is 0.0734. The highest BCUT2D eigenvalue weighted by molar-refractivity contribution is 7.14. The third-order valence-corrected chi connectivity index (χ3v) is 5.36. The first-order chi connectivity index (χ1) is 12.9. The van der Waals surface area contributed by atoms with Crippen molar-refractivity contribution in [1.82, 2.24) is 0 Å². The Bertz CT molecular complexity index is 1010. The van der Waals surface area contributed by atoms with Crippen LogP contribution in [0.25, 0.3) is 6.08 Å². The maximum absolute atomic E-state index is 12.6. The van der Waals surface area contributed by atoms with Crippen molar-refractivity contribution < 1.29 is 14.3 Å². The van der Waals surface area contributed by atoms with Crippen LogP contribution in [-0.2, 0) is 16.0 Å². The Balaban J connectivity index is 2.36. The Morgan fingerprint density at radius 3 is 2.59 bits per heavy atom. The first-order valence-electron chi connectivity index (χ1n) is 8.01. The predicted octanol–water partition coefficient (Wildman–Crippen LogP) is 4.48. The zero-order valence-corrected chi connectivity index (χ0v) is 16.3. The Hall–Kier alpha value is -2.93. The molecular formula is C20H15ClN2O3S. The highest BCUT2D eigenvalue weighted by atomic mass is 35.5. The monoisotopic (exact) mass is 398 g/mol. The molecule has 1 heterocycles. The minimum Gasteiger partial charge on any atom is -0.462 e. The summed E-state index contributed by atoms with van der Waals surface area (Å²) in [6.07, 6.45) is 1.26. The van der Waals surface area contributed by atoms with Crippen molar-refractivity contribution in [3.63, 3.8) is 0 Å². The minimum atomic E-state index is -0.526. The number of allylic oxidation sites excluding steroid dienone is 1. The highest BCUT2D eigenvalue weighted by Crippen LogP contribution is 2.30. The summed E-state index contributed by atoms with van der Waals surface area (Å²) in [5.74, 6) is -0.979. The highest BCUT2D eigenvalue weighted by Gasteiger charge is 2.23. The van der Waals surface area contributed by atoms with Crippen molar-refractivity contribution in [2.45, 2.75) is 20.3 Å². The van der Waals surface area contributed by atoms with E-state index in [2.05, 4.69) is 0 Å². The van der Waals surface area contributed by atoms with E-state index >= 15 is 0 Å². The molecule has 0 aliphatic heterocycles. The van der Waals surface area contributed by atoms with E-state index in [0.29, 0.717) is 25.9 Å². The molecule has 0 spiro atoms. The molecule has 1 aromatic carbocycles. The van der Waals surface area contributed by atoms with Gasteiger partial charge in [-0.3, -0.25) is 4.79 Å². The summed E-state index contributed by atoms with van der Waals surface area (Å²) in [6, 6.07) is 10.8. The number of carbonyl (C=O) groups is 2. The number of carbonyl (C=O) groups excluding carboxylic acids is 2. The number of halogens is 1. The lowest BCUT2D eigenvalue weighted by atomic mass is 10.0. The van der Waals surface area contributed by atoms with Gasteiger partial charge in [0.1, 0.15) is 17.0 Å². The molecular weight excluding hydrogens is 384 g/mol. The van der Waals surface area contributed by atoms with Crippen LogP contribution in [0.15, 0.2) is 29.8 Å². The van der Waals surface area contributed by atoms with Gasteiger partial charge in [-0.15, -0.1) is 11.3 Å². The van der Waals surface area contributed by atoms with Gasteiger partial charge in [0.2, 0.25) is 0 Å². The van der Waals surface area contributed by atoms with E-state index in [4.69, 9.17) is 16.3 Å². The van der Waals surface area contributed by atoms with Crippen molar-refractivity contribution >= 4 is 40.8 Å². The van der Waals surface area contributed by atoms with Gasteiger partial charge in [-0.2, -0.15) is 10.5 Å². The molecule has 0 unspecified atom stereocenters. The number of ether oxygens (including phenoxy) is 1. The second-order valence-electron chi connectivity index (χ2n) is 5.48. The number of rotatable bonds is 6. The van der Waals surface area contributed by atoms with E-state index in [9.17, 15) is 20.1 Å². The molecule has 0 atom stereocenters. The zero-order valence-electron chi connectivity index (χ0n) is 14.7. The maximum atomic E-state index is 12.6. The molecule has 0 fully saturated rings. The zero-order chi connectivity index (χ0) is 20.0. The Morgan fingerprint density at radius 2 is 2.00 bits per heavy atom. The van der Waals surface area contributed by atoms with Crippen molar-refractivity contribution in [3.8, 4) is 12.1 Å². The lowest BCUT2D eigenvalue weighted by Crippen LogP contribution is -2.05. The van der Waals surface area contributed by atoms with Gasteiger partial charge >= 0.3 is 5.97 Å². The van der Waals surface area contributed by atoms with Crippen molar-refractivity contribution in [2.75, 3.05) is 6.61 Å². The van der Waals surface area contributed by atoms with Crippen molar-refractivity contribution in [1.29, 1.82) is 10.5 Å². The number of benzene rings is 1. The number of hydrogen-bond acceptors (Lipinski definition) is 6. The Labute approximate surface area is 166 Å². The van der Waals surface area contributed by atoms with Gasteiger partial charge in [-0.25, -0.2) is 4.79 Å². The van der Waals surface area contributed by atoms with Crippen LogP contribution in [0.4, 0.5) is 0 Å². The van der Waals surface area contributed by atoms with Gasteiger partial charge in [0.25, 0.3) is 0 Å². The summed E-state index contributed by atoms with van der Waals surface area (Å²) < 4.78 is 4.99. The van der Waals surface area contributed by atoms with E-state index in [1.54, 1.807) is 38.1 Å². The molecule has 1 aromatic heterocycles. The summed E-state index contributed by atoms with van der Waals surface area (Å²) >= 11 is 7.11. The number of nitriles is 2. The molecule has 0 saturated carbocycles. The molecule has 7 heteroatoms. The second-order valence-corrected chi connectivity index (χ2v) is 6.99. The van der Waals surface area contributed by atoms with Gasteiger partial charge in [0, 0.05) is 16.3 Å². The van der Waals surface area contributed by atoms with Crippen LogP contribution in [0, 0.1) is 29.6 Å². The lowest BCUT2D eigenvalue weighted by Gasteiger charge is -2.01. The molecule has 2 aromatic rings. The van der Waals surface area contributed by atoms with Gasteiger partial charge < -0.3 is 4.74 Å². The quantitative estimate of drug-likeness (QED) is 0.406. The Kier molecular flexibility index (Phi) is 6.90. The fraction of sp³-hybridized carbons (Fsp3) is 0.200. The van der Waals surface area contributed by atoms with E-state index in [1.165, 1.54) is 6.08 Å². The number of thiophene rings is 1. The van der Waals surface area contributed by atoms with Gasteiger partial charge in [0.05, 0.1) is 17.7 Å². The fourth-order valence-electron chi connectivity index (χ4n) is 2.40. The summed E-state index contributed by atoms with van der Waals surface area (Å²) in [4.78, 5) is 25.3. The van der Waals surface area contributed by atoms with E-state index in [0.717, 1.165) is 11.3 Å². The fourth-order valence-corrected chi connectivity index (χ4v) is 3.74. The predicted molar refractivity (Wildman–Crippen MR) is 103 cm³/mol. The normalized spacial score (nSPS) is 10.8. The molecule has 0 amide bonds. The summed E-state index contributed by atoms with van der Waals surface area (Å²) in [5.41, 5.74) is 1.23. The summed E-state index contributed by atoms with van der Waals surface area (Å²) in [6.45, 7) is 3.54. The second kappa shape index (κ2) is 9.14. The van der Waals surface area contributed by atoms with Crippen LogP contribution in [0.2, 0.25) is 5.02 Å². The number of ketones is 1. The molecule has 0 aliphatic rings. The van der Waals surface area contributed by atoms with E-state index < -0.39 is 11.8 Å². The average molecular weight is 399 g/mol. The standard InChI is InChI=1S/C20H15ClN2O3S/c1-3-26-20(25)19-12(2)15(11-23)18(27-19)9-17(24)14(10-22)8-13-6-4-5-7-16(13)21/h4-8H,3,9H2,1-2H3.